The van der Waals surface area contributed by atoms with Gasteiger partial charge >= 0.3 is 0 Å². The summed E-state index contributed by atoms with van der Waals surface area (Å²) in [4.78, 5) is 0. The number of nitrogens with one attached hydrogen (secondary N) is 1. The van der Waals surface area contributed by atoms with Gasteiger partial charge < -0.3 is 19.5 Å². The second-order valence-corrected chi connectivity index (χ2v) is 6.64. The zero-order chi connectivity index (χ0) is 17.2. The van der Waals surface area contributed by atoms with Gasteiger partial charge in [0.15, 0.2) is 11.5 Å². The van der Waals surface area contributed by atoms with E-state index < -0.39 is 0 Å². The largest absolute Gasteiger partial charge is 0.493 e. The van der Waals surface area contributed by atoms with Gasteiger partial charge in [-0.05, 0) is 55.6 Å². The molecule has 25 heavy (non-hydrogen) atoms. The van der Waals surface area contributed by atoms with Gasteiger partial charge in [-0.3, -0.25) is 0 Å². The zero-order valence-electron chi connectivity index (χ0n) is 14.3. The topological polar surface area (TPSA) is 39.7 Å². The molecule has 0 aromatic heterocycles. The van der Waals surface area contributed by atoms with Gasteiger partial charge in [-0.25, -0.2) is 4.39 Å². The first kappa shape index (κ1) is 16.2. The summed E-state index contributed by atoms with van der Waals surface area (Å²) >= 11 is 0. The van der Waals surface area contributed by atoms with Crippen LogP contribution in [0.1, 0.15) is 23.5 Å². The van der Waals surface area contributed by atoms with Gasteiger partial charge in [0, 0.05) is 18.0 Å². The third kappa shape index (κ3) is 3.29. The average Bonchev–Trinajstić information content (AvgIpc) is 3.12. The molecule has 132 valence electrons. The Morgan fingerprint density at radius 1 is 1.16 bits per heavy atom. The predicted octanol–water partition coefficient (Wildman–Crippen LogP) is 3.63. The molecule has 4 rings (SSSR count). The number of halogens is 1. The summed E-state index contributed by atoms with van der Waals surface area (Å²) in [5, 5.41) is 3.44. The SMILES string of the molecule is Cc1c(OC[C@@H]2CNCC[C@H]2c2ccc(F)cc2)ccc2c1OCO2. The van der Waals surface area contributed by atoms with Crippen LogP contribution in [0.25, 0.3) is 0 Å². The van der Waals surface area contributed by atoms with Crippen LogP contribution in [0.4, 0.5) is 4.39 Å². The Kier molecular flexibility index (Phi) is 4.49. The standard InChI is InChI=1S/C20H22FNO3/c1-13-18(6-7-19-20(13)25-12-24-19)23-11-15-10-22-9-8-17(15)14-2-4-16(21)5-3-14/h2-7,15,17,22H,8-12H2,1H3/t15-,17-/m0/s1. The number of piperidine rings is 1. The zero-order valence-corrected chi connectivity index (χ0v) is 14.3. The summed E-state index contributed by atoms with van der Waals surface area (Å²) in [5.74, 6) is 2.89. The highest BCUT2D eigenvalue weighted by molar-refractivity contribution is 5.54. The maximum atomic E-state index is 13.2. The number of fused-ring (bicyclic) bond motifs is 1. The normalized spacial score (nSPS) is 22.0. The van der Waals surface area contributed by atoms with Crippen molar-refractivity contribution in [3.8, 4) is 17.2 Å². The Balaban J connectivity index is 1.48. The van der Waals surface area contributed by atoms with E-state index in [0.29, 0.717) is 18.4 Å². The van der Waals surface area contributed by atoms with Crippen molar-refractivity contribution in [3.63, 3.8) is 0 Å². The van der Waals surface area contributed by atoms with E-state index in [1.54, 1.807) is 0 Å². The lowest BCUT2D eigenvalue weighted by Gasteiger charge is -2.32. The first-order valence-corrected chi connectivity index (χ1v) is 8.70. The Hall–Kier alpha value is -2.27. The van der Waals surface area contributed by atoms with Gasteiger partial charge in [-0.2, -0.15) is 0 Å². The minimum absolute atomic E-state index is 0.193. The van der Waals surface area contributed by atoms with E-state index in [9.17, 15) is 4.39 Å². The molecule has 0 bridgehead atoms. The van der Waals surface area contributed by atoms with E-state index >= 15 is 0 Å². The van der Waals surface area contributed by atoms with Crippen LogP contribution in [0.5, 0.6) is 17.2 Å². The molecule has 5 heteroatoms. The smallest absolute Gasteiger partial charge is 0.231 e. The number of ether oxygens (including phenoxy) is 3. The highest BCUT2D eigenvalue weighted by Gasteiger charge is 2.27. The molecule has 2 heterocycles. The molecule has 2 atom stereocenters. The van der Waals surface area contributed by atoms with Gasteiger partial charge in [0.05, 0.1) is 6.61 Å². The van der Waals surface area contributed by atoms with Crippen molar-refractivity contribution in [1.82, 2.24) is 5.32 Å². The molecule has 2 aliphatic heterocycles. The van der Waals surface area contributed by atoms with E-state index in [1.807, 2.05) is 31.2 Å². The second-order valence-electron chi connectivity index (χ2n) is 6.64. The van der Waals surface area contributed by atoms with Crippen LogP contribution in [0.2, 0.25) is 0 Å². The second kappa shape index (κ2) is 6.92. The molecule has 1 saturated heterocycles. The van der Waals surface area contributed by atoms with Crippen molar-refractivity contribution in [1.29, 1.82) is 0 Å². The lowest BCUT2D eigenvalue weighted by atomic mass is 9.81. The molecule has 0 radical (unpaired) electrons. The summed E-state index contributed by atoms with van der Waals surface area (Å²) in [5.41, 5.74) is 2.15. The van der Waals surface area contributed by atoms with Crippen molar-refractivity contribution in [2.24, 2.45) is 5.92 Å². The molecule has 4 nitrogen and oxygen atoms in total. The fraction of sp³-hybridized carbons (Fsp3) is 0.400. The van der Waals surface area contributed by atoms with E-state index in [0.717, 1.165) is 42.3 Å². The molecule has 1 fully saturated rings. The van der Waals surface area contributed by atoms with Crippen LogP contribution in [-0.4, -0.2) is 26.5 Å². The average molecular weight is 343 g/mol. The third-order valence-corrected chi connectivity index (χ3v) is 5.10. The van der Waals surface area contributed by atoms with Gasteiger partial charge in [-0.1, -0.05) is 12.1 Å². The van der Waals surface area contributed by atoms with Gasteiger partial charge in [0.25, 0.3) is 0 Å². The Morgan fingerprint density at radius 3 is 2.84 bits per heavy atom. The molecule has 2 aromatic rings. The van der Waals surface area contributed by atoms with Crippen LogP contribution in [0.15, 0.2) is 36.4 Å². The highest BCUT2D eigenvalue weighted by Crippen LogP contribution is 2.40. The molecule has 0 spiro atoms. The summed E-state index contributed by atoms with van der Waals surface area (Å²) < 4.78 is 30.3. The van der Waals surface area contributed by atoms with Crippen LogP contribution < -0.4 is 19.5 Å². The van der Waals surface area contributed by atoms with E-state index in [2.05, 4.69) is 5.32 Å². The maximum Gasteiger partial charge on any atom is 0.231 e. The lowest BCUT2D eigenvalue weighted by Crippen LogP contribution is -2.38. The molecule has 2 aliphatic rings. The van der Waals surface area contributed by atoms with Crippen molar-refractivity contribution in [3.05, 3.63) is 53.3 Å². The van der Waals surface area contributed by atoms with E-state index in [-0.39, 0.29) is 12.6 Å². The third-order valence-electron chi connectivity index (χ3n) is 5.10. The molecular weight excluding hydrogens is 321 g/mol. The summed E-state index contributed by atoms with van der Waals surface area (Å²) in [6.07, 6.45) is 1.03. The van der Waals surface area contributed by atoms with Crippen LogP contribution in [-0.2, 0) is 0 Å². The molecule has 0 unspecified atom stereocenters. The molecular formula is C20H22FNO3. The first-order chi connectivity index (χ1) is 12.2. The van der Waals surface area contributed by atoms with Crippen molar-refractivity contribution in [2.45, 2.75) is 19.3 Å². The number of rotatable bonds is 4. The number of hydrogen-bond donors (Lipinski definition) is 1. The summed E-state index contributed by atoms with van der Waals surface area (Å²) in [6.45, 7) is 4.72. The first-order valence-electron chi connectivity index (χ1n) is 8.70. The Labute approximate surface area is 146 Å². The van der Waals surface area contributed by atoms with Crippen molar-refractivity contribution in [2.75, 3.05) is 26.5 Å². The molecule has 2 aromatic carbocycles. The van der Waals surface area contributed by atoms with Crippen LogP contribution in [0.3, 0.4) is 0 Å². The predicted molar refractivity (Wildman–Crippen MR) is 92.9 cm³/mol. The van der Waals surface area contributed by atoms with Crippen LogP contribution >= 0.6 is 0 Å². The van der Waals surface area contributed by atoms with Crippen molar-refractivity contribution >= 4 is 0 Å². The maximum absolute atomic E-state index is 13.2. The molecule has 0 aliphatic carbocycles. The number of benzene rings is 2. The van der Waals surface area contributed by atoms with E-state index in [1.165, 1.54) is 17.7 Å². The van der Waals surface area contributed by atoms with Gasteiger partial charge in [-0.15, -0.1) is 0 Å². The van der Waals surface area contributed by atoms with Gasteiger partial charge in [0.2, 0.25) is 6.79 Å². The van der Waals surface area contributed by atoms with Gasteiger partial charge in [0.1, 0.15) is 11.6 Å². The Morgan fingerprint density at radius 2 is 2.00 bits per heavy atom. The van der Waals surface area contributed by atoms with Crippen molar-refractivity contribution < 1.29 is 18.6 Å². The lowest BCUT2D eigenvalue weighted by molar-refractivity contribution is 0.172. The molecule has 1 N–H and O–H groups in total. The quantitative estimate of drug-likeness (QED) is 0.920. The fourth-order valence-electron chi connectivity index (χ4n) is 3.69. The fourth-order valence-corrected chi connectivity index (χ4v) is 3.69. The summed E-state index contributed by atoms with van der Waals surface area (Å²) in [6, 6.07) is 10.7. The monoisotopic (exact) mass is 343 g/mol. The highest BCUT2D eigenvalue weighted by atomic mass is 19.1. The van der Waals surface area contributed by atoms with E-state index in [4.69, 9.17) is 14.2 Å². The minimum Gasteiger partial charge on any atom is -0.493 e. The molecule has 0 amide bonds. The summed E-state index contributed by atoms with van der Waals surface area (Å²) in [7, 11) is 0. The minimum atomic E-state index is -0.193. The molecule has 0 saturated carbocycles. The number of hydrogen-bond acceptors (Lipinski definition) is 4. The Bertz CT molecular complexity index is 747. The van der Waals surface area contributed by atoms with Crippen LogP contribution in [0, 0.1) is 18.7 Å².